The standard InChI is InChI=1S/C20H22N4O2/c1-2-26-20-15(7-6-11-21-20)19(25)22-14-9-10-17-16(13-14)23-18-8-4-3-5-12-24(17)18/h6-7,9-11,13H,2-5,8,12H2,1H3,(H,22,25). The van der Waals surface area contributed by atoms with E-state index < -0.39 is 0 Å². The fraction of sp³-hybridized carbons (Fsp3) is 0.350. The van der Waals surface area contributed by atoms with E-state index in [4.69, 9.17) is 9.72 Å². The molecule has 26 heavy (non-hydrogen) atoms. The summed E-state index contributed by atoms with van der Waals surface area (Å²) in [5.74, 6) is 1.26. The zero-order valence-corrected chi connectivity index (χ0v) is 14.9. The van der Waals surface area contributed by atoms with E-state index in [1.54, 1.807) is 18.3 Å². The molecule has 0 saturated heterocycles. The average molecular weight is 350 g/mol. The normalized spacial score (nSPS) is 13.9. The number of imidazole rings is 1. The van der Waals surface area contributed by atoms with E-state index >= 15 is 0 Å². The molecular formula is C20H22N4O2. The average Bonchev–Trinajstić information content (AvgIpc) is 2.82. The van der Waals surface area contributed by atoms with Crippen LogP contribution >= 0.6 is 0 Å². The number of benzene rings is 1. The number of hydrogen-bond donors (Lipinski definition) is 1. The minimum atomic E-state index is -0.235. The number of pyridine rings is 1. The monoisotopic (exact) mass is 350 g/mol. The number of anilines is 1. The van der Waals surface area contributed by atoms with Gasteiger partial charge in [0.1, 0.15) is 11.4 Å². The topological polar surface area (TPSA) is 69.0 Å². The molecule has 0 radical (unpaired) electrons. The maximum atomic E-state index is 12.6. The number of rotatable bonds is 4. The van der Waals surface area contributed by atoms with Crippen LogP contribution in [0.5, 0.6) is 5.88 Å². The van der Waals surface area contributed by atoms with E-state index in [0.717, 1.165) is 35.5 Å². The van der Waals surface area contributed by atoms with Crippen molar-refractivity contribution in [2.45, 2.75) is 39.2 Å². The molecule has 1 aliphatic rings. The van der Waals surface area contributed by atoms with Gasteiger partial charge in [-0.25, -0.2) is 9.97 Å². The number of aryl methyl sites for hydroxylation is 2. The van der Waals surface area contributed by atoms with Crippen LogP contribution in [0, 0.1) is 0 Å². The van der Waals surface area contributed by atoms with Gasteiger partial charge in [-0.15, -0.1) is 0 Å². The van der Waals surface area contributed by atoms with Crippen LogP contribution in [0.2, 0.25) is 0 Å². The van der Waals surface area contributed by atoms with Gasteiger partial charge in [-0.05, 0) is 50.1 Å². The van der Waals surface area contributed by atoms with Crippen LogP contribution in [0.15, 0.2) is 36.5 Å². The van der Waals surface area contributed by atoms with Crippen molar-refractivity contribution in [2.24, 2.45) is 0 Å². The predicted octanol–water partition coefficient (Wildman–Crippen LogP) is 3.81. The van der Waals surface area contributed by atoms with E-state index in [-0.39, 0.29) is 5.91 Å². The smallest absolute Gasteiger partial charge is 0.261 e. The van der Waals surface area contributed by atoms with Gasteiger partial charge < -0.3 is 14.6 Å². The number of ether oxygens (including phenoxy) is 1. The van der Waals surface area contributed by atoms with Gasteiger partial charge in [0.15, 0.2) is 0 Å². The highest BCUT2D eigenvalue weighted by Crippen LogP contribution is 2.25. The van der Waals surface area contributed by atoms with Crippen LogP contribution in [0.4, 0.5) is 5.69 Å². The van der Waals surface area contributed by atoms with Crippen LogP contribution in [0.25, 0.3) is 11.0 Å². The predicted molar refractivity (Wildman–Crippen MR) is 101 cm³/mol. The third-order valence-corrected chi connectivity index (χ3v) is 4.66. The molecular weight excluding hydrogens is 328 g/mol. The molecule has 1 amide bonds. The van der Waals surface area contributed by atoms with Crippen molar-refractivity contribution in [3.8, 4) is 5.88 Å². The lowest BCUT2D eigenvalue weighted by molar-refractivity contribution is 0.102. The molecule has 4 rings (SSSR count). The number of aromatic nitrogens is 3. The van der Waals surface area contributed by atoms with Gasteiger partial charge in [-0.3, -0.25) is 4.79 Å². The second kappa shape index (κ2) is 7.15. The number of fused-ring (bicyclic) bond motifs is 3. The molecule has 0 atom stereocenters. The quantitative estimate of drug-likeness (QED) is 0.777. The molecule has 1 aromatic carbocycles. The van der Waals surface area contributed by atoms with Crippen molar-refractivity contribution in [3.05, 3.63) is 47.9 Å². The lowest BCUT2D eigenvalue weighted by Gasteiger charge is -2.09. The summed E-state index contributed by atoms with van der Waals surface area (Å²) in [5.41, 5.74) is 3.21. The van der Waals surface area contributed by atoms with E-state index in [1.807, 2.05) is 25.1 Å². The fourth-order valence-electron chi connectivity index (χ4n) is 3.44. The number of carbonyl (C=O) groups is 1. The van der Waals surface area contributed by atoms with Crippen LogP contribution in [0.1, 0.15) is 42.4 Å². The van der Waals surface area contributed by atoms with Crippen molar-refractivity contribution in [2.75, 3.05) is 11.9 Å². The Labute approximate surface area is 152 Å². The maximum absolute atomic E-state index is 12.6. The molecule has 134 valence electrons. The van der Waals surface area contributed by atoms with Crippen LogP contribution in [-0.4, -0.2) is 27.0 Å². The first-order chi connectivity index (χ1) is 12.8. The molecule has 0 saturated carbocycles. The molecule has 6 heteroatoms. The second-order valence-corrected chi connectivity index (χ2v) is 6.44. The van der Waals surface area contributed by atoms with E-state index in [1.165, 1.54) is 19.3 Å². The van der Waals surface area contributed by atoms with Crippen LogP contribution in [0.3, 0.4) is 0 Å². The first kappa shape index (κ1) is 16.6. The second-order valence-electron chi connectivity index (χ2n) is 6.44. The van der Waals surface area contributed by atoms with E-state index in [2.05, 4.69) is 14.9 Å². The summed E-state index contributed by atoms with van der Waals surface area (Å²) >= 11 is 0. The zero-order chi connectivity index (χ0) is 17.9. The highest BCUT2D eigenvalue weighted by atomic mass is 16.5. The molecule has 0 bridgehead atoms. The highest BCUT2D eigenvalue weighted by Gasteiger charge is 2.16. The Balaban J connectivity index is 1.61. The molecule has 0 unspecified atom stereocenters. The van der Waals surface area contributed by atoms with Gasteiger partial charge in [0.05, 0.1) is 17.6 Å². The molecule has 0 spiro atoms. The van der Waals surface area contributed by atoms with Gasteiger partial charge in [-0.2, -0.15) is 0 Å². The van der Waals surface area contributed by atoms with Gasteiger partial charge in [-0.1, -0.05) is 6.42 Å². The summed E-state index contributed by atoms with van der Waals surface area (Å²) in [6.07, 6.45) is 6.27. The Morgan fingerprint density at radius 3 is 3.08 bits per heavy atom. The lowest BCUT2D eigenvalue weighted by Crippen LogP contribution is -2.14. The van der Waals surface area contributed by atoms with Gasteiger partial charge in [0.2, 0.25) is 5.88 Å². The highest BCUT2D eigenvalue weighted by molar-refractivity contribution is 6.06. The van der Waals surface area contributed by atoms with Crippen molar-refractivity contribution in [1.29, 1.82) is 0 Å². The molecule has 0 aliphatic carbocycles. The van der Waals surface area contributed by atoms with Crippen molar-refractivity contribution in [3.63, 3.8) is 0 Å². The number of carbonyl (C=O) groups excluding carboxylic acids is 1. The summed E-state index contributed by atoms with van der Waals surface area (Å²) in [6.45, 7) is 3.35. The molecule has 3 aromatic rings. The summed E-state index contributed by atoms with van der Waals surface area (Å²) in [5, 5.41) is 2.93. The molecule has 2 aromatic heterocycles. The summed E-state index contributed by atoms with van der Waals surface area (Å²) < 4.78 is 7.75. The Morgan fingerprint density at radius 2 is 2.19 bits per heavy atom. The van der Waals surface area contributed by atoms with Gasteiger partial charge in [0, 0.05) is 24.8 Å². The third-order valence-electron chi connectivity index (χ3n) is 4.66. The Hall–Kier alpha value is -2.89. The van der Waals surface area contributed by atoms with Crippen molar-refractivity contribution < 1.29 is 9.53 Å². The third kappa shape index (κ3) is 3.14. The zero-order valence-electron chi connectivity index (χ0n) is 14.9. The Kier molecular flexibility index (Phi) is 4.56. The number of nitrogens with one attached hydrogen (secondary N) is 1. The Bertz CT molecular complexity index is 948. The van der Waals surface area contributed by atoms with Gasteiger partial charge >= 0.3 is 0 Å². The molecule has 6 nitrogen and oxygen atoms in total. The SMILES string of the molecule is CCOc1ncccc1C(=O)Nc1ccc2c(c1)nc1n2CCCCC1. The van der Waals surface area contributed by atoms with Crippen LogP contribution in [-0.2, 0) is 13.0 Å². The van der Waals surface area contributed by atoms with Crippen molar-refractivity contribution in [1.82, 2.24) is 14.5 Å². The number of amides is 1. The van der Waals surface area contributed by atoms with Crippen molar-refractivity contribution >= 4 is 22.6 Å². The summed E-state index contributed by atoms with van der Waals surface area (Å²) in [7, 11) is 0. The maximum Gasteiger partial charge on any atom is 0.261 e. The van der Waals surface area contributed by atoms with E-state index in [0.29, 0.717) is 18.1 Å². The number of nitrogens with zero attached hydrogens (tertiary/aromatic N) is 3. The minimum absolute atomic E-state index is 0.235. The fourth-order valence-corrected chi connectivity index (χ4v) is 3.44. The largest absolute Gasteiger partial charge is 0.477 e. The number of hydrogen-bond acceptors (Lipinski definition) is 4. The molecule has 3 heterocycles. The first-order valence-electron chi connectivity index (χ1n) is 9.14. The van der Waals surface area contributed by atoms with Crippen LogP contribution < -0.4 is 10.1 Å². The van der Waals surface area contributed by atoms with Gasteiger partial charge in [0.25, 0.3) is 5.91 Å². The lowest BCUT2D eigenvalue weighted by atomic mass is 10.2. The first-order valence-corrected chi connectivity index (χ1v) is 9.14. The summed E-state index contributed by atoms with van der Waals surface area (Å²) in [4.78, 5) is 21.5. The molecule has 1 N–H and O–H groups in total. The minimum Gasteiger partial charge on any atom is -0.477 e. The Morgan fingerprint density at radius 1 is 1.27 bits per heavy atom. The molecule has 1 aliphatic heterocycles. The summed E-state index contributed by atoms with van der Waals surface area (Å²) in [6, 6.07) is 9.35. The van der Waals surface area contributed by atoms with E-state index in [9.17, 15) is 4.79 Å². The molecule has 0 fully saturated rings.